The highest BCUT2D eigenvalue weighted by Crippen LogP contribution is 2.08. The molecular weight excluding hydrogens is 140 g/mol. The molecule has 0 aromatic heterocycles. The Bertz CT molecular complexity index is 134. The van der Waals surface area contributed by atoms with E-state index in [1.54, 1.807) is 0 Å². The van der Waals surface area contributed by atoms with Gasteiger partial charge in [-0.1, -0.05) is 19.8 Å². The summed E-state index contributed by atoms with van der Waals surface area (Å²) in [4.78, 5) is 0. The highest BCUT2D eigenvalue weighted by molar-refractivity contribution is 4.70. The van der Waals surface area contributed by atoms with Crippen LogP contribution in [0.2, 0.25) is 0 Å². The van der Waals surface area contributed by atoms with E-state index in [4.69, 9.17) is 5.73 Å². The van der Waals surface area contributed by atoms with Crippen LogP contribution in [0.15, 0.2) is 10.2 Å². The molecule has 0 saturated carbocycles. The van der Waals surface area contributed by atoms with Crippen molar-refractivity contribution < 1.29 is 0 Å². The van der Waals surface area contributed by atoms with E-state index in [9.17, 15) is 0 Å². The third-order valence-corrected chi connectivity index (χ3v) is 1.77. The Kier molecular flexibility index (Phi) is 3.45. The largest absolute Gasteiger partial charge is 0.296 e. The van der Waals surface area contributed by atoms with Crippen LogP contribution >= 0.6 is 0 Å². The number of nitrogens with zero attached hydrogens (tertiary/aromatic N) is 2. The van der Waals surface area contributed by atoms with Gasteiger partial charge in [-0.2, -0.15) is 10.2 Å². The zero-order valence-corrected chi connectivity index (χ0v) is 6.95. The van der Waals surface area contributed by atoms with Crippen molar-refractivity contribution >= 4 is 0 Å². The zero-order chi connectivity index (χ0) is 8.10. The van der Waals surface area contributed by atoms with Crippen LogP contribution in [0.4, 0.5) is 0 Å². The predicted octanol–water partition coefficient (Wildman–Crippen LogP) is 1.19. The molecule has 0 aromatic carbocycles. The van der Waals surface area contributed by atoms with Gasteiger partial charge in [0, 0.05) is 0 Å². The van der Waals surface area contributed by atoms with Crippen molar-refractivity contribution in [3.8, 4) is 0 Å². The normalized spacial score (nSPS) is 29.6. The number of rotatable bonds is 4. The molecule has 4 heteroatoms. The average Bonchev–Trinajstić information content (AvgIpc) is 2.37. The van der Waals surface area contributed by atoms with Gasteiger partial charge >= 0.3 is 0 Å². The molecule has 0 saturated heterocycles. The van der Waals surface area contributed by atoms with Gasteiger partial charge < -0.3 is 0 Å². The first-order valence-electron chi connectivity index (χ1n) is 4.24. The van der Waals surface area contributed by atoms with Gasteiger partial charge in [0.1, 0.15) is 6.17 Å². The van der Waals surface area contributed by atoms with Crippen molar-refractivity contribution in [1.29, 1.82) is 0 Å². The number of unbranched alkanes of at least 4 members (excludes halogenated alkanes) is 2. The number of nitrogens with two attached hydrogens (primary N) is 1. The van der Waals surface area contributed by atoms with Crippen LogP contribution in [0.3, 0.4) is 0 Å². The zero-order valence-electron chi connectivity index (χ0n) is 6.95. The van der Waals surface area contributed by atoms with E-state index in [-0.39, 0.29) is 12.5 Å². The molecule has 0 radical (unpaired) electrons. The molecule has 0 spiro atoms. The molecule has 4 nitrogen and oxygen atoms in total. The minimum atomic E-state index is -0.262. The fourth-order valence-corrected chi connectivity index (χ4v) is 1.14. The van der Waals surface area contributed by atoms with Gasteiger partial charge in [0.15, 0.2) is 6.29 Å². The first-order valence-corrected chi connectivity index (χ1v) is 4.24. The van der Waals surface area contributed by atoms with Crippen LogP contribution in [-0.2, 0) is 0 Å². The Balaban J connectivity index is 2.05. The van der Waals surface area contributed by atoms with Crippen LogP contribution in [0.5, 0.6) is 0 Å². The Morgan fingerprint density at radius 1 is 1.36 bits per heavy atom. The van der Waals surface area contributed by atoms with Crippen LogP contribution in [0, 0.1) is 0 Å². The van der Waals surface area contributed by atoms with Crippen LogP contribution in [0.1, 0.15) is 32.6 Å². The monoisotopic (exact) mass is 156 g/mol. The minimum Gasteiger partial charge on any atom is -0.296 e. The lowest BCUT2D eigenvalue weighted by Gasteiger charge is -2.06. The Morgan fingerprint density at radius 3 is 2.73 bits per heavy atom. The minimum absolute atomic E-state index is 0.177. The lowest BCUT2D eigenvalue weighted by atomic mass is 10.2. The molecule has 0 fully saturated rings. The number of hydrogen-bond donors (Lipinski definition) is 2. The van der Waals surface area contributed by atoms with Crippen molar-refractivity contribution in [2.24, 2.45) is 16.0 Å². The van der Waals surface area contributed by atoms with E-state index >= 15 is 0 Å². The fraction of sp³-hybridized carbons (Fsp3) is 1.00. The smallest absolute Gasteiger partial charge is 0.173 e. The van der Waals surface area contributed by atoms with Gasteiger partial charge in [0.25, 0.3) is 0 Å². The maximum absolute atomic E-state index is 5.46. The third-order valence-electron chi connectivity index (χ3n) is 1.77. The molecule has 64 valence electrons. The molecule has 0 aliphatic carbocycles. The summed E-state index contributed by atoms with van der Waals surface area (Å²) in [5.74, 6) is 0. The van der Waals surface area contributed by atoms with Gasteiger partial charge in [0.2, 0.25) is 0 Å². The van der Waals surface area contributed by atoms with Gasteiger partial charge in [-0.05, 0) is 12.8 Å². The van der Waals surface area contributed by atoms with Crippen molar-refractivity contribution in [3.63, 3.8) is 0 Å². The Hall–Kier alpha value is -0.480. The number of nitrogens with one attached hydrogen (secondary N) is 1. The van der Waals surface area contributed by atoms with Gasteiger partial charge in [0.05, 0.1) is 0 Å². The molecular formula is C7H16N4. The first kappa shape index (κ1) is 8.62. The predicted molar refractivity (Wildman–Crippen MR) is 43.9 cm³/mol. The second-order valence-corrected chi connectivity index (χ2v) is 2.85. The molecule has 2 unspecified atom stereocenters. The molecule has 1 aliphatic heterocycles. The maximum atomic E-state index is 5.46. The molecule has 3 N–H and O–H groups in total. The highest BCUT2D eigenvalue weighted by atomic mass is 15.4. The highest BCUT2D eigenvalue weighted by Gasteiger charge is 2.15. The van der Waals surface area contributed by atoms with E-state index in [1.807, 2.05) is 0 Å². The fourth-order valence-electron chi connectivity index (χ4n) is 1.14. The van der Waals surface area contributed by atoms with Crippen LogP contribution < -0.4 is 11.1 Å². The molecule has 0 bridgehead atoms. The number of azo groups is 1. The average molecular weight is 156 g/mol. The SMILES string of the molecule is CCCCCC1N=NC(N)N1. The van der Waals surface area contributed by atoms with Crippen molar-refractivity contribution in [1.82, 2.24) is 5.32 Å². The van der Waals surface area contributed by atoms with E-state index in [0.717, 1.165) is 6.42 Å². The summed E-state index contributed by atoms with van der Waals surface area (Å²) >= 11 is 0. The van der Waals surface area contributed by atoms with E-state index in [1.165, 1.54) is 19.3 Å². The van der Waals surface area contributed by atoms with E-state index in [2.05, 4.69) is 22.5 Å². The van der Waals surface area contributed by atoms with E-state index < -0.39 is 0 Å². The van der Waals surface area contributed by atoms with Crippen molar-refractivity contribution in [2.75, 3.05) is 0 Å². The lowest BCUT2D eigenvalue weighted by Crippen LogP contribution is -2.36. The summed E-state index contributed by atoms with van der Waals surface area (Å²) in [6.07, 6.45) is 4.70. The van der Waals surface area contributed by atoms with Crippen LogP contribution in [-0.4, -0.2) is 12.5 Å². The second-order valence-electron chi connectivity index (χ2n) is 2.85. The molecule has 0 amide bonds. The molecule has 2 atom stereocenters. The standard InChI is InChI=1S/C7H16N4/c1-2-3-4-5-6-9-7(8)11-10-6/h6-7,9H,2-5,8H2,1H3. The Morgan fingerprint density at radius 2 is 2.18 bits per heavy atom. The van der Waals surface area contributed by atoms with Crippen molar-refractivity contribution in [3.05, 3.63) is 0 Å². The topological polar surface area (TPSA) is 62.8 Å². The van der Waals surface area contributed by atoms with Gasteiger partial charge in [-0.25, -0.2) is 0 Å². The van der Waals surface area contributed by atoms with Crippen molar-refractivity contribution in [2.45, 2.75) is 45.1 Å². The summed E-state index contributed by atoms with van der Waals surface area (Å²) in [6, 6.07) is 0. The summed E-state index contributed by atoms with van der Waals surface area (Å²) in [5.41, 5.74) is 5.46. The summed E-state index contributed by atoms with van der Waals surface area (Å²) < 4.78 is 0. The third kappa shape index (κ3) is 2.95. The molecule has 11 heavy (non-hydrogen) atoms. The number of hydrogen-bond acceptors (Lipinski definition) is 4. The summed E-state index contributed by atoms with van der Waals surface area (Å²) in [5, 5.41) is 10.8. The van der Waals surface area contributed by atoms with Crippen LogP contribution in [0.25, 0.3) is 0 Å². The molecule has 1 heterocycles. The summed E-state index contributed by atoms with van der Waals surface area (Å²) in [7, 11) is 0. The van der Waals surface area contributed by atoms with Gasteiger partial charge in [-0.15, -0.1) is 0 Å². The lowest BCUT2D eigenvalue weighted by molar-refractivity contribution is 0.479. The maximum Gasteiger partial charge on any atom is 0.173 e. The second kappa shape index (κ2) is 4.41. The Labute approximate surface area is 67.3 Å². The van der Waals surface area contributed by atoms with Gasteiger partial charge in [-0.3, -0.25) is 11.1 Å². The summed E-state index contributed by atoms with van der Waals surface area (Å²) in [6.45, 7) is 2.19. The molecule has 0 aromatic rings. The first-order chi connectivity index (χ1) is 5.33. The van der Waals surface area contributed by atoms with E-state index in [0.29, 0.717) is 0 Å². The molecule has 1 aliphatic rings. The molecule has 1 rings (SSSR count). The quantitative estimate of drug-likeness (QED) is 0.600.